The first-order valence-corrected chi connectivity index (χ1v) is 4.86. The number of aromatic nitrogens is 2. The zero-order chi connectivity index (χ0) is 9.38. The van der Waals surface area contributed by atoms with Crippen LogP contribution in [0.4, 0.5) is 0 Å². The number of nitrogens with zero attached hydrogens (tertiary/aromatic N) is 2. The summed E-state index contributed by atoms with van der Waals surface area (Å²) in [5.74, 6) is 0. The third-order valence-electron chi connectivity index (χ3n) is 2.50. The Labute approximate surface area is 139 Å². The van der Waals surface area contributed by atoms with Crippen LogP contribution >= 0.6 is 0 Å². The van der Waals surface area contributed by atoms with E-state index in [4.69, 9.17) is 0 Å². The summed E-state index contributed by atoms with van der Waals surface area (Å²) in [6.07, 6.45) is 6.33. The Bertz CT molecular complexity index is 523. The van der Waals surface area contributed by atoms with Crippen LogP contribution in [0, 0.1) is 0 Å². The van der Waals surface area contributed by atoms with E-state index >= 15 is 0 Å². The van der Waals surface area contributed by atoms with Gasteiger partial charge in [0, 0.05) is 59.1 Å². The molecule has 0 atom stereocenters. The van der Waals surface area contributed by atoms with Crippen LogP contribution < -0.4 is 0 Å². The minimum Gasteiger partial charge on any atom is -0.249 e. The van der Waals surface area contributed by atoms with E-state index in [0.717, 1.165) is 35.3 Å². The van der Waals surface area contributed by atoms with Crippen LogP contribution in [0.5, 0.6) is 0 Å². The number of allylic oxidation sites excluding steroid dienone is 1. The Balaban J connectivity index is 0.000000640. The predicted molar refractivity (Wildman–Crippen MR) is 68.4 cm³/mol. The molecule has 3 rings (SSSR count). The van der Waals surface area contributed by atoms with Crippen molar-refractivity contribution in [3.63, 3.8) is 0 Å². The van der Waals surface area contributed by atoms with Crippen molar-refractivity contribution in [3.05, 3.63) is 41.7 Å². The molecule has 4 heteroatoms. The van der Waals surface area contributed by atoms with Gasteiger partial charge in [-0.25, -0.2) is 9.97 Å². The first kappa shape index (κ1) is 14.4. The average molecular weight is 228 g/mol. The van der Waals surface area contributed by atoms with Crippen molar-refractivity contribution < 1.29 is 0 Å². The van der Waals surface area contributed by atoms with Crippen LogP contribution in [0.15, 0.2) is 30.3 Å². The van der Waals surface area contributed by atoms with Crippen LogP contribution in [0.3, 0.4) is 0 Å². The van der Waals surface area contributed by atoms with Gasteiger partial charge in [-0.15, -0.1) is 0 Å². The number of rotatable bonds is 0. The molecule has 16 heavy (non-hydrogen) atoms. The quantitative estimate of drug-likeness (QED) is 0.643. The maximum atomic E-state index is 4.60. The molecule has 0 fully saturated rings. The first-order valence-electron chi connectivity index (χ1n) is 4.86. The Kier molecular flexibility index (Phi) is 5.65. The van der Waals surface area contributed by atoms with E-state index < -0.39 is 0 Å². The molecule has 0 aliphatic heterocycles. The predicted octanol–water partition coefficient (Wildman–Crippen LogP) is 1.83. The van der Waals surface area contributed by atoms with Gasteiger partial charge < -0.3 is 0 Å². The fourth-order valence-corrected chi connectivity index (χ4v) is 1.78. The molecule has 0 bridgehead atoms. The molecule has 70 valence electrons. The normalized spacial score (nSPS) is 12.5. The summed E-state index contributed by atoms with van der Waals surface area (Å²) in [6, 6.07) is 8.02. The van der Waals surface area contributed by atoms with Gasteiger partial charge >= 0.3 is 0 Å². The largest absolute Gasteiger partial charge is 0.249 e. The number of benzene rings is 1. The van der Waals surface area contributed by atoms with Crippen LogP contribution in [0.2, 0.25) is 0 Å². The number of fused-ring (bicyclic) bond motifs is 2. The molecule has 1 aliphatic carbocycles. The summed E-state index contributed by atoms with van der Waals surface area (Å²) in [5.41, 5.74) is 4.15. The van der Waals surface area contributed by atoms with Crippen molar-refractivity contribution in [2.45, 2.75) is 12.8 Å². The Morgan fingerprint density at radius 3 is 2.38 bits per heavy atom. The van der Waals surface area contributed by atoms with Crippen LogP contribution in [0.1, 0.15) is 17.8 Å². The molecule has 0 spiro atoms. The maximum absolute atomic E-state index is 4.60. The van der Waals surface area contributed by atoms with Gasteiger partial charge in [-0.1, -0.05) is 18.2 Å². The van der Waals surface area contributed by atoms with E-state index in [1.807, 2.05) is 24.3 Å². The molecule has 1 aromatic carbocycles. The monoisotopic (exact) mass is 228 g/mol. The Morgan fingerprint density at radius 2 is 1.62 bits per heavy atom. The van der Waals surface area contributed by atoms with E-state index in [1.165, 1.54) is 0 Å². The second-order valence-corrected chi connectivity index (χ2v) is 3.49. The summed E-state index contributed by atoms with van der Waals surface area (Å²) in [7, 11) is 0. The Morgan fingerprint density at radius 1 is 0.938 bits per heavy atom. The van der Waals surface area contributed by atoms with Crippen molar-refractivity contribution in [2.24, 2.45) is 0 Å². The van der Waals surface area contributed by atoms with Crippen molar-refractivity contribution in [3.8, 4) is 0 Å². The molecule has 1 aliphatic rings. The minimum absolute atomic E-state index is 0. The number of para-hydroxylation sites is 2. The van der Waals surface area contributed by atoms with Crippen LogP contribution in [0.25, 0.3) is 17.1 Å². The van der Waals surface area contributed by atoms with Gasteiger partial charge in [-0.2, -0.15) is 0 Å². The zero-order valence-electron chi connectivity index (χ0n) is 9.77. The van der Waals surface area contributed by atoms with E-state index in [2.05, 4.69) is 22.1 Å². The van der Waals surface area contributed by atoms with Gasteiger partial charge in [0.05, 0.1) is 22.4 Å². The molecule has 0 saturated heterocycles. The fourth-order valence-electron chi connectivity index (χ4n) is 1.78. The van der Waals surface area contributed by atoms with Gasteiger partial charge in [0.25, 0.3) is 0 Å². The molecule has 0 saturated carbocycles. The van der Waals surface area contributed by atoms with Gasteiger partial charge in [0.15, 0.2) is 0 Å². The standard InChI is InChI=1S/C12H10N2.2Na/c1-2-6-10-9(5-1)13-11-7-3-4-8-12(11)14-10;;/h1-3,5-7H,4,8H2;;. The van der Waals surface area contributed by atoms with Gasteiger partial charge in [0.1, 0.15) is 0 Å². The van der Waals surface area contributed by atoms with E-state index in [1.54, 1.807) is 0 Å². The number of aryl methyl sites for hydroxylation is 1. The van der Waals surface area contributed by atoms with Crippen molar-refractivity contribution in [1.82, 2.24) is 9.97 Å². The molecular weight excluding hydrogens is 218 g/mol. The van der Waals surface area contributed by atoms with Gasteiger partial charge in [-0.05, 0) is 31.1 Å². The average Bonchev–Trinajstić information content (AvgIpc) is 2.26. The minimum atomic E-state index is 0. The maximum Gasteiger partial charge on any atom is 0.0894 e. The molecule has 0 unspecified atom stereocenters. The third-order valence-corrected chi connectivity index (χ3v) is 2.50. The second kappa shape index (κ2) is 6.29. The molecule has 2 nitrogen and oxygen atoms in total. The van der Waals surface area contributed by atoms with Gasteiger partial charge in [0.2, 0.25) is 0 Å². The van der Waals surface area contributed by atoms with E-state index in [9.17, 15) is 0 Å². The van der Waals surface area contributed by atoms with Crippen LogP contribution in [-0.4, -0.2) is 69.1 Å². The summed E-state index contributed by atoms with van der Waals surface area (Å²) in [4.78, 5) is 9.17. The topological polar surface area (TPSA) is 25.8 Å². The van der Waals surface area contributed by atoms with Gasteiger partial charge in [-0.3, -0.25) is 0 Å². The molecule has 1 heterocycles. The van der Waals surface area contributed by atoms with E-state index in [0.29, 0.717) is 0 Å². The molecule has 0 amide bonds. The van der Waals surface area contributed by atoms with Crippen molar-refractivity contribution >= 4 is 76.2 Å². The molecular formula is C12H10N2Na2. The number of hydrogen-bond donors (Lipinski definition) is 0. The van der Waals surface area contributed by atoms with E-state index in [-0.39, 0.29) is 59.1 Å². The molecule has 1 aromatic heterocycles. The molecule has 2 aromatic rings. The Hall–Kier alpha value is 0.300. The SMILES string of the molecule is C1=Cc2nc3ccccc3nc2CC1.[Na].[Na]. The zero-order valence-corrected chi connectivity index (χ0v) is 13.8. The third kappa shape index (κ3) is 2.76. The number of hydrogen-bond acceptors (Lipinski definition) is 2. The summed E-state index contributed by atoms with van der Waals surface area (Å²) >= 11 is 0. The second-order valence-electron chi connectivity index (χ2n) is 3.49. The summed E-state index contributed by atoms with van der Waals surface area (Å²) < 4.78 is 0. The fraction of sp³-hybridized carbons (Fsp3) is 0.167. The summed E-state index contributed by atoms with van der Waals surface area (Å²) in [6.45, 7) is 0. The van der Waals surface area contributed by atoms with Crippen molar-refractivity contribution in [2.75, 3.05) is 0 Å². The first-order chi connectivity index (χ1) is 6.93. The molecule has 0 N–H and O–H groups in total. The summed E-state index contributed by atoms with van der Waals surface area (Å²) in [5, 5.41) is 0. The molecule has 2 radical (unpaired) electrons. The smallest absolute Gasteiger partial charge is 0.0894 e. The van der Waals surface area contributed by atoms with Crippen LogP contribution in [-0.2, 0) is 6.42 Å². The van der Waals surface area contributed by atoms with Crippen molar-refractivity contribution in [1.29, 1.82) is 0 Å².